The standard InChI is InChI=1S/C11H13NO3/c1-3-9-10(8(2)7-13)5-4-6-11(9)12(14)15/h4-8H,3H2,1-2H3. The van der Waals surface area contributed by atoms with Gasteiger partial charge in [0, 0.05) is 17.5 Å². The van der Waals surface area contributed by atoms with Crippen molar-refractivity contribution in [3.63, 3.8) is 0 Å². The molecule has 0 aromatic heterocycles. The maximum absolute atomic E-state index is 10.8. The molecule has 0 aliphatic carbocycles. The third-order valence-corrected chi connectivity index (χ3v) is 2.43. The van der Waals surface area contributed by atoms with E-state index in [0.717, 1.165) is 11.8 Å². The topological polar surface area (TPSA) is 60.2 Å². The van der Waals surface area contributed by atoms with Crippen molar-refractivity contribution in [2.24, 2.45) is 0 Å². The van der Waals surface area contributed by atoms with Crippen molar-refractivity contribution in [2.75, 3.05) is 0 Å². The quantitative estimate of drug-likeness (QED) is 0.433. The second kappa shape index (κ2) is 4.68. The van der Waals surface area contributed by atoms with Crippen LogP contribution in [0.1, 0.15) is 30.9 Å². The number of nitro benzene ring substituents is 1. The van der Waals surface area contributed by atoms with Gasteiger partial charge in [0.25, 0.3) is 5.69 Å². The third-order valence-electron chi connectivity index (χ3n) is 2.43. The van der Waals surface area contributed by atoms with Gasteiger partial charge in [-0.2, -0.15) is 0 Å². The molecule has 0 aliphatic rings. The van der Waals surface area contributed by atoms with Gasteiger partial charge >= 0.3 is 0 Å². The Bertz CT molecular complexity index is 387. The molecule has 0 bridgehead atoms. The number of nitrogens with zero attached hydrogens (tertiary/aromatic N) is 1. The molecule has 4 heteroatoms. The minimum atomic E-state index is -0.403. The zero-order valence-corrected chi connectivity index (χ0v) is 8.77. The van der Waals surface area contributed by atoms with Crippen LogP contribution < -0.4 is 0 Å². The fraction of sp³-hybridized carbons (Fsp3) is 0.364. The number of nitro groups is 1. The number of carbonyl (C=O) groups excluding carboxylic acids is 1. The maximum atomic E-state index is 10.8. The molecule has 1 aromatic rings. The summed E-state index contributed by atoms with van der Waals surface area (Å²) >= 11 is 0. The molecular weight excluding hydrogens is 194 g/mol. The second-order valence-electron chi connectivity index (χ2n) is 3.38. The Morgan fingerprint density at radius 2 is 2.20 bits per heavy atom. The van der Waals surface area contributed by atoms with Crippen LogP contribution in [0.25, 0.3) is 0 Å². The normalized spacial score (nSPS) is 12.1. The summed E-state index contributed by atoms with van der Waals surface area (Å²) in [5, 5.41) is 10.8. The van der Waals surface area contributed by atoms with Crippen LogP contribution in [0.15, 0.2) is 18.2 Å². The van der Waals surface area contributed by atoms with Crippen LogP contribution in [0, 0.1) is 10.1 Å². The van der Waals surface area contributed by atoms with E-state index in [9.17, 15) is 14.9 Å². The molecule has 1 rings (SSSR count). The van der Waals surface area contributed by atoms with Gasteiger partial charge in [0.15, 0.2) is 0 Å². The van der Waals surface area contributed by atoms with E-state index in [1.165, 1.54) is 6.07 Å². The lowest BCUT2D eigenvalue weighted by Crippen LogP contribution is -2.03. The van der Waals surface area contributed by atoms with Gasteiger partial charge in [0.1, 0.15) is 6.29 Å². The van der Waals surface area contributed by atoms with Crippen LogP contribution in [-0.4, -0.2) is 11.2 Å². The van der Waals surface area contributed by atoms with E-state index in [-0.39, 0.29) is 11.6 Å². The van der Waals surface area contributed by atoms with Crippen molar-refractivity contribution in [2.45, 2.75) is 26.2 Å². The Hall–Kier alpha value is -1.71. The van der Waals surface area contributed by atoms with E-state index in [2.05, 4.69) is 0 Å². The number of rotatable bonds is 4. The summed E-state index contributed by atoms with van der Waals surface area (Å²) in [6, 6.07) is 4.86. The predicted molar refractivity (Wildman–Crippen MR) is 57.0 cm³/mol. The monoisotopic (exact) mass is 207 g/mol. The Morgan fingerprint density at radius 3 is 2.67 bits per heavy atom. The first-order chi connectivity index (χ1) is 7.11. The predicted octanol–water partition coefficient (Wildman–Crippen LogP) is 2.46. The number of hydrogen-bond donors (Lipinski definition) is 0. The SMILES string of the molecule is CCc1c(C(C)C=O)cccc1[N+](=O)[O-]. The molecule has 1 unspecified atom stereocenters. The molecule has 80 valence electrons. The van der Waals surface area contributed by atoms with Gasteiger partial charge in [-0.05, 0) is 12.0 Å². The van der Waals surface area contributed by atoms with Crippen molar-refractivity contribution in [1.82, 2.24) is 0 Å². The Morgan fingerprint density at radius 1 is 1.53 bits per heavy atom. The third kappa shape index (κ3) is 2.21. The zero-order valence-electron chi connectivity index (χ0n) is 8.77. The molecule has 1 aromatic carbocycles. The zero-order chi connectivity index (χ0) is 11.4. The molecule has 0 radical (unpaired) electrons. The fourth-order valence-electron chi connectivity index (χ4n) is 1.65. The smallest absolute Gasteiger partial charge is 0.272 e. The van der Waals surface area contributed by atoms with Gasteiger partial charge < -0.3 is 4.79 Å². The minimum absolute atomic E-state index is 0.101. The maximum Gasteiger partial charge on any atom is 0.272 e. The highest BCUT2D eigenvalue weighted by Crippen LogP contribution is 2.27. The van der Waals surface area contributed by atoms with Crippen molar-refractivity contribution in [3.05, 3.63) is 39.4 Å². The molecule has 0 amide bonds. The highest BCUT2D eigenvalue weighted by molar-refractivity contribution is 5.64. The molecule has 1 atom stereocenters. The molecular formula is C11H13NO3. The van der Waals surface area contributed by atoms with E-state index in [4.69, 9.17) is 0 Å². The van der Waals surface area contributed by atoms with Gasteiger partial charge in [0.05, 0.1) is 4.92 Å². The molecule has 15 heavy (non-hydrogen) atoms. The summed E-state index contributed by atoms with van der Waals surface area (Å²) in [5.74, 6) is -0.292. The molecule has 0 spiro atoms. The van der Waals surface area contributed by atoms with Gasteiger partial charge in [-0.3, -0.25) is 10.1 Å². The van der Waals surface area contributed by atoms with E-state index >= 15 is 0 Å². The average molecular weight is 207 g/mol. The summed E-state index contributed by atoms with van der Waals surface area (Å²) in [7, 11) is 0. The van der Waals surface area contributed by atoms with Gasteiger partial charge in [-0.1, -0.05) is 26.0 Å². The lowest BCUT2D eigenvalue weighted by Gasteiger charge is -2.10. The van der Waals surface area contributed by atoms with Crippen molar-refractivity contribution in [3.8, 4) is 0 Å². The van der Waals surface area contributed by atoms with E-state index < -0.39 is 4.92 Å². The number of benzene rings is 1. The Kier molecular flexibility index (Phi) is 3.55. The molecule has 0 saturated heterocycles. The van der Waals surface area contributed by atoms with Crippen molar-refractivity contribution >= 4 is 12.0 Å². The van der Waals surface area contributed by atoms with Crippen molar-refractivity contribution in [1.29, 1.82) is 0 Å². The highest BCUT2D eigenvalue weighted by Gasteiger charge is 2.18. The van der Waals surface area contributed by atoms with Crippen LogP contribution in [-0.2, 0) is 11.2 Å². The fourth-order valence-corrected chi connectivity index (χ4v) is 1.65. The first-order valence-corrected chi connectivity index (χ1v) is 4.83. The molecule has 4 nitrogen and oxygen atoms in total. The van der Waals surface area contributed by atoms with Gasteiger partial charge in [0.2, 0.25) is 0 Å². The number of hydrogen-bond acceptors (Lipinski definition) is 3. The van der Waals surface area contributed by atoms with Gasteiger partial charge in [-0.15, -0.1) is 0 Å². The van der Waals surface area contributed by atoms with Crippen LogP contribution in [0.4, 0.5) is 5.69 Å². The van der Waals surface area contributed by atoms with Crippen LogP contribution >= 0.6 is 0 Å². The Labute approximate surface area is 88.1 Å². The van der Waals surface area contributed by atoms with Crippen LogP contribution in [0.2, 0.25) is 0 Å². The average Bonchev–Trinajstić information content (AvgIpc) is 2.26. The van der Waals surface area contributed by atoms with E-state index in [0.29, 0.717) is 12.0 Å². The lowest BCUT2D eigenvalue weighted by molar-refractivity contribution is -0.385. The Balaban J connectivity index is 3.34. The minimum Gasteiger partial charge on any atom is -0.303 e. The largest absolute Gasteiger partial charge is 0.303 e. The van der Waals surface area contributed by atoms with Crippen LogP contribution in [0.5, 0.6) is 0 Å². The second-order valence-corrected chi connectivity index (χ2v) is 3.38. The summed E-state index contributed by atoms with van der Waals surface area (Å²) in [4.78, 5) is 21.0. The lowest BCUT2D eigenvalue weighted by atomic mass is 9.94. The molecule has 0 aliphatic heterocycles. The molecule has 0 heterocycles. The summed E-state index contributed by atoms with van der Waals surface area (Å²) < 4.78 is 0. The molecule has 0 fully saturated rings. The molecule has 0 saturated carbocycles. The highest BCUT2D eigenvalue weighted by atomic mass is 16.6. The number of carbonyl (C=O) groups is 1. The first kappa shape index (κ1) is 11.4. The van der Waals surface area contributed by atoms with E-state index in [1.54, 1.807) is 19.1 Å². The van der Waals surface area contributed by atoms with Crippen molar-refractivity contribution < 1.29 is 9.72 Å². The summed E-state index contributed by atoms with van der Waals surface area (Å²) in [6.45, 7) is 3.59. The van der Waals surface area contributed by atoms with E-state index in [1.807, 2.05) is 6.92 Å². The first-order valence-electron chi connectivity index (χ1n) is 4.83. The summed E-state index contributed by atoms with van der Waals surface area (Å²) in [6.07, 6.45) is 1.36. The summed E-state index contributed by atoms with van der Waals surface area (Å²) in [5.41, 5.74) is 1.51. The van der Waals surface area contributed by atoms with Gasteiger partial charge in [-0.25, -0.2) is 0 Å². The van der Waals surface area contributed by atoms with Crippen LogP contribution in [0.3, 0.4) is 0 Å². The number of aldehydes is 1. The molecule has 0 N–H and O–H groups in total.